The van der Waals surface area contributed by atoms with Gasteiger partial charge in [0.05, 0.1) is 6.61 Å². The van der Waals surface area contributed by atoms with E-state index in [4.69, 9.17) is 9.47 Å². The predicted octanol–water partition coefficient (Wildman–Crippen LogP) is 2.76. The molecule has 3 heteroatoms. The molecule has 0 radical (unpaired) electrons. The van der Waals surface area contributed by atoms with Crippen LogP contribution in [0.5, 0.6) is 5.75 Å². The molecule has 1 aromatic rings. The lowest BCUT2D eigenvalue weighted by molar-refractivity contribution is 0.0798. The largest absolute Gasteiger partial charge is 0.486 e. The number of ether oxygens (including phenoxy) is 2. The van der Waals surface area contributed by atoms with Crippen molar-refractivity contribution in [1.29, 1.82) is 0 Å². The van der Waals surface area contributed by atoms with E-state index in [9.17, 15) is 0 Å². The van der Waals surface area contributed by atoms with Gasteiger partial charge in [0.2, 0.25) is 0 Å². The summed E-state index contributed by atoms with van der Waals surface area (Å²) in [6.45, 7) is 7.81. The molecule has 1 fully saturated rings. The van der Waals surface area contributed by atoms with Crippen LogP contribution in [0, 0.1) is 20.8 Å². The van der Waals surface area contributed by atoms with Crippen molar-refractivity contribution < 1.29 is 9.47 Å². The van der Waals surface area contributed by atoms with Crippen LogP contribution in [0.15, 0.2) is 12.1 Å². The molecule has 0 aromatic heterocycles. The van der Waals surface area contributed by atoms with Gasteiger partial charge >= 0.3 is 0 Å². The first-order valence-electron chi connectivity index (χ1n) is 7.07. The lowest BCUT2D eigenvalue weighted by atomic mass is 10.1. The molecule has 0 bridgehead atoms. The summed E-state index contributed by atoms with van der Waals surface area (Å²) in [6.07, 6.45) is 2.66. The molecule has 0 aliphatic heterocycles. The standard InChI is InChI=1S/C16H25NO2/c1-11-7-12(2)13(3)16(8-11)19-15(10-18-4)9-17-14-5-6-14/h7-8,14-15,17H,5-6,9-10H2,1-4H3. The second-order valence-corrected chi connectivity index (χ2v) is 5.58. The molecule has 1 aliphatic carbocycles. The van der Waals surface area contributed by atoms with Gasteiger partial charge in [0.25, 0.3) is 0 Å². The zero-order chi connectivity index (χ0) is 13.8. The summed E-state index contributed by atoms with van der Waals surface area (Å²) in [5, 5.41) is 3.51. The van der Waals surface area contributed by atoms with Crippen LogP contribution >= 0.6 is 0 Å². The molecule has 0 saturated heterocycles. The molecule has 1 aliphatic rings. The molecule has 1 saturated carbocycles. The van der Waals surface area contributed by atoms with E-state index >= 15 is 0 Å². The fourth-order valence-corrected chi connectivity index (χ4v) is 2.21. The molecule has 0 heterocycles. The van der Waals surface area contributed by atoms with Crippen molar-refractivity contribution in [3.63, 3.8) is 0 Å². The average Bonchev–Trinajstić information content (AvgIpc) is 3.16. The maximum atomic E-state index is 6.14. The summed E-state index contributed by atoms with van der Waals surface area (Å²) >= 11 is 0. The van der Waals surface area contributed by atoms with E-state index in [-0.39, 0.29) is 6.10 Å². The average molecular weight is 263 g/mol. The number of methoxy groups -OCH3 is 1. The molecule has 19 heavy (non-hydrogen) atoms. The van der Waals surface area contributed by atoms with Crippen molar-refractivity contribution in [3.8, 4) is 5.75 Å². The number of aryl methyl sites for hydroxylation is 2. The van der Waals surface area contributed by atoms with E-state index < -0.39 is 0 Å². The quantitative estimate of drug-likeness (QED) is 0.820. The Bertz CT molecular complexity index is 427. The van der Waals surface area contributed by atoms with Crippen molar-refractivity contribution >= 4 is 0 Å². The molecule has 1 N–H and O–H groups in total. The van der Waals surface area contributed by atoms with Gasteiger partial charge in [0, 0.05) is 19.7 Å². The Morgan fingerprint density at radius 2 is 2.00 bits per heavy atom. The van der Waals surface area contributed by atoms with E-state index in [1.54, 1.807) is 7.11 Å². The molecule has 1 unspecified atom stereocenters. The Morgan fingerprint density at radius 3 is 2.63 bits per heavy atom. The summed E-state index contributed by atoms with van der Waals surface area (Å²) in [5.74, 6) is 0.983. The third-order valence-electron chi connectivity index (χ3n) is 3.62. The molecule has 1 aromatic carbocycles. The van der Waals surface area contributed by atoms with E-state index in [1.165, 1.54) is 29.5 Å². The fraction of sp³-hybridized carbons (Fsp3) is 0.625. The third-order valence-corrected chi connectivity index (χ3v) is 3.62. The van der Waals surface area contributed by atoms with Crippen molar-refractivity contribution in [3.05, 3.63) is 28.8 Å². The van der Waals surface area contributed by atoms with E-state index in [0.717, 1.165) is 12.3 Å². The second kappa shape index (κ2) is 6.40. The van der Waals surface area contributed by atoms with Crippen LogP contribution in [0.4, 0.5) is 0 Å². The SMILES string of the molecule is COCC(CNC1CC1)Oc1cc(C)cc(C)c1C. The highest BCUT2D eigenvalue weighted by atomic mass is 16.5. The first-order chi connectivity index (χ1) is 9.10. The smallest absolute Gasteiger partial charge is 0.134 e. The minimum atomic E-state index is 0.0745. The zero-order valence-electron chi connectivity index (χ0n) is 12.5. The van der Waals surface area contributed by atoms with Crippen molar-refractivity contribution in [2.75, 3.05) is 20.3 Å². The number of nitrogens with one attached hydrogen (secondary N) is 1. The molecule has 0 spiro atoms. The Kier molecular flexibility index (Phi) is 4.83. The van der Waals surface area contributed by atoms with Crippen LogP contribution < -0.4 is 10.1 Å². The lowest BCUT2D eigenvalue weighted by Crippen LogP contribution is -2.36. The van der Waals surface area contributed by atoms with Gasteiger partial charge in [0.1, 0.15) is 11.9 Å². The molecule has 3 nitrogen and oxygen atoms in total. The molecule has 1 atom stereocenters. The minimum Gasteiger partial charge on any atom is -0.486 e. The number of hydrogen-bond acceptors (Lipinski definition) is 3. The summed E-state index contributed by atoms with van der Waals surface area (Å²) in [6, 6.07) is 5.00. The highest BCUT2D eigenvalue weighted by Crippen LogP contribution is 2.25. The van der Waals surface area contributed by atoms with Gasteiger partial charge < -0.3 is 14.8 Å². The Morgan fingerprint density at radius 1 is 1.26 bits per heavy atom. The second-order valence-electron chi connectivity index (χ2n) is 5.58. The van der Waals surface area contributed by atoms with Crippen LogP contribution in [0.1, 0.15) is 29.5 Å². The van der Waals surface area contributed by atoms with Crippen LogP contribution in [-0.4, -0.2) is 32.4 Å². The number of hydrogen-bond donors (Lipinski definition) is 1. The van der Waals surface area contributed by atoms with Gasteiger partial charge in [-0.15, -0.1) is 0 Å². The third kappa shape index (κ3) is 4.22. The first-order valence-corrected chi connectivity index (χ1v) is 7.07. The van der Waals surface area contributed by atoms with E-state index in [2.05, 4.69) is 38.2 Å². The topological polar surface area (TPSA) is 30.5 Å². The van der Waals surface area contributed by atoms with Crippen LogP contribution in [0.3, 0.4) is 0 Å². The Hall–Kier alpha value is -1.06. The normalized spacial score (nSPS) is 16.4. The summed E-state index contributed by atoms with van der Waals surface area (Å²) in [4.78, 5) is 0. The zero-order valence-corrected chi connectivity index (χ0v) is 12.5. The highest BCUT2D eigenvalue weighted by Gasteiger charge is 2.22. The first kappa shape index (κ1) is 14.4. The van der Waals surface area contributed by atoms with Crippen molar-refractivity contribution in [2.45, 2.75) is 45.8 Å². The van der Waals surface area contributed by atoms with Crippen molar-refractivity contribution in [1.82, 2.24) is 5.32 Å². The van der Waals surface area contributed by atoms with Crippen molar-refractivity contribution in [2.24, 2.45) is 0 Å². The van der Waals surface area contributed by atoms with Gasteiger partial charge in [-0.05, 0) is 56.4 Å². The Labute approximate surface area is 116 Å². The maximum absolute atomic E-state index is 6.14. The van der Waals surface area contributed by atoms with Gasteiger partial charge in [-0.25, -0.2) is 0 Å². The molecular formula is C16H25NO2. The molecular weight excluding hydrogens is 238 g/mol. The molecule has 2 rings (SSSR count). The van der Waals surface area contributed by atoms with Gasteiger partial charge in [0.15, 0.2) is 0 Å². The highest BCUT2D eigenvalue weighted by molar-refractivity contribution is 5.42. The van der Waals surface area contributed by atoms with E-state index in [1.807, 2.05) is 0 Å². The Balaban J connectivity index is 2.02. The lowest BCUT2D eigenvalue weighted by Gasteiger charge is -2.21. The van der Waals surface area contributed by atoms with Gasteiger partial charge in [-0.2, -0.15) is 0 Å². The maximum Gasteiger partial charge on any atom is 0.134 e. The number of rotatable bonds is 7. The molecule has 106 valence electrons. The summed E-state index contributed by atoms with van der Waals surface area (Å²) in [5.41, 5.74) is 3.74. The van der Waals surface area contributed by atoms with E-state index in [0.29, 0.717) is 12.6 Å². The van der Waals surface area contributed by atoms with Crippen LogP contribution in [0.2, 0.25) is 0 Å². The number of benzene rings is 1. The summed E-state index contributed by atoms with van der Waals surface area (Å²) < 4.78 is 11.4. The van der Waals surface area contributed by atoms with Gasteiger partial charge in [-0.1, -0.05) is 6.07 Å². The fourth-order valence-electron chi connectivity index (χ4n) is 2.21. The van der Waals surface area contributed by atoms with Crippen LogP contribution in [-0.2, 0) is 4.74 Å². The minimum absolute atomic E-state index is 0.0745. The van der Waals surface area contributed by atoms with Gasteiger partial charge in [-0.3, -0.25) is 0 Å². The van der Waals surface area contributed by atoms with Crippen LogP contribution in [0.25, 0.3) is 0 Å². The molecule has 0 amide bonds. The monoisotopic (exact) mass is 263 g/mol. The predicted molar refractivity (Wildman–Crippen MR) is 78.0 cm³/mol. The summed E-state index contributed by atoms with van der Waals surface area (Å²) in [7, 11) is 1.72.